The number of hydrogen-bond donors (Lipinski definition) is 1. The van der Waals surface area contributed by atoms with Crippen molar-refractivity contribution < 1.29 is 4.74 Å². The molecule has 5 rings (SSSR count). The summed E-state index contributed by atoms with van der Waals surface area (Å²) in [5, 5.41) is 4.79. The second-order valence-electron chi connectivity index (χ2n) is 7.74. The Morgan fingerprint density at radius 2 is 1.88 bits per heavy atom. The molecule has 0 saturated carbocycles. The summed E-state index contributed by atoms with van der Waals surface area (Å²) >= 11 is 11.9. The van der Waals surface area contributed by atoms with Gasteiger partial charge in [-0.05, 0) is 66.3 Å². The number of thiocarbonyl (C=S) groups is 1. The number of halogens is 1. The number of aromatic nitrogens is 3. The Morgan fingerprint density at radius 1 is 1.03 bits per heavy atom. The third-order valence-corrected chi connectivity index (χ3v) is 6.33. The summed E-state index contributed by atoms with van der Waals surface area (Å²) in [7, 11) is 1.67. The molecule has 33 heavy (non-hydrogen) atoms. The molecule has 0 unspecified atom stereocenters. The van der Waals surface area contributed by atoms with Gasteiger partial charge in [0.15, 0.2) is 5.11 Å². The minimum Gasteiger partial charge on any atom is -0.497 e. The van der Waals surface area contributed by atoms with Crippen LogP contribution in [0.25, 0.3) is 5.82 Å². The highest BCUT2D eigenvalue weighted by molar-refractivity contribution is 7.80. The molecule has 3 aromatic heterocycles. The van der Waals surface area contributed by atoms with Crippen LogP contribution in [0.3, 0.4) is 0 Å². The van der Waals surface area contributed by atoms with E-state index in [1.807, 2.05) is 60.9 Å². The molecule has 2 atom stereocenters. The predicted octanol–water partition coefficient (Wildman–Crippen LogP) is 5.10. The van der Waals surface area contributed by atoms with Crippen LogP contribution in [-0.4, -0.2) is 31.7 Å². The monoisotopic (exact) mass is 475 g/mol. The van der Waals surface area contributed by atoms with Crippen molar-refractivity contribution in [3.05, 3.63) is 107 Å². The van der Waals surface area contributed by atoms with E-state index < -0.39 is 0 Å². The highest BCUT2D eigenvalue weighted by Gasteiger charge is 2.41. The highest BCUT2D eigenvalue weighted by atomic mass is 35.5. The number of methoxy groups -OCH3 is 1. The predicted molar refractivity (Wildman–Crippen MR) is 133 cm³/mol. The van der Waals surface area contributed by atoms with Gasteiger partial charge in [0, 0.05) is 30.8 Å². The molecule has 8 heteroatoms. The van der Waals surface area contributed by atoms with Crippen LogP contribution >= 0.6 is 23.8 Å². The minimum atomic E-state index is -0.113. The number of nitrogens with one attached hydrogen (secondary N) is 1. The Morgan fingerprint density at radius 3 is 2.58 bits per heavy atom. The minimum absolute atomic E-state index is 0.0954. The topological polar surface area (TPSA) is 55.2 Å². The van der Waals surface area contributed by atoms with E-state index in [0.29, 0.717) is 16.7 Å². The third-order valence-electron chi connectivity index (χ3n) is 5.75. The van der Waals surface area contributed by atoms with E-state index in [4.69, 9.17) is 28.6 Å². The third kappa shape index (κ3) is 4.29. The standard InChI is InChI=1S/C25H22ClN5OS/c1-32-19-10-7-17(8-11-19)16-31-24(23(29-25(31)33)20-5-2-3-13-27-20)21-6-4-14-30(21)22-12-9-18(26)15-28-22/h2-15,23-24H,16H2,1H3,(H,29,33)/t23-,24-/m0/s1. The molecule has 1 N–H and O–H groups in total. The van der Waals surface area contributed by atoms with Gasteiger partial charge in [0.1, 0.15) is 11.6 Å². The summed E-state index contributed by atoms with van der Waals surface area (Å²) in [4.78, 5) is 11.4. The molecular formula is C25H22ClN5OS. The van der Waals surface area contributed by atoms with Gasteiger partial charge in [0.05, 0.1) is 29.9 Å². The van der Waals surface area contributed by atoms with Crippen molar-refractivity contribution in [3.63, 3.8) is 0 Å². The summed E-state index contributed by atoms with van der Waals surface area (Å²) in [5.41, 5.74) is 3.12. The van der Waals surface area contributed by atoms with Crippen molar-refractivity contribution in [2.45, 2.75) is 18.6 Å². The van der Waals surface area contributed by atoms with E-state index in [2.05, 4.69) is 43.0 Å². The molecule has 1 aliphatic heterocycles. The Labute approximate surface area is 202 Å². The lowest BCUT2D eigenvalue weighted by Crippen LogP contribution is -2.30. The van der Waals surface area contributed by atoms with Gasteiger partial charge in [-0.2, -0.15) is 0 Å². The maximum Gasteiger partial charge on any atom is 0.170 e. The Bertz CT molecular complexity index is 1240. The fraction of sp³-hybridized carbons (Fsp3) is 0.160. The Hall–Kier alpha value is -3.42. The summed E-state index contributed by atoms with van der Waals surface area (Å²) in [6, 6.07) is 21.7. The second-order valence-corrected chi connectivity index (χ2v) is 8.56. The molecule has 166 valence electrons. The zero-order valence-electron chi connectivity index (χ0n) is 17.9. The van der Waals surface area contributed by atoms with Crippen LogP contribution in [0.15, 0.2) is 85.3 Å². The average Bonchev–Trinajstić information content (AvgIpc) is 3.45. The van der Waals surface area contributed by atoms with Crippen molar-refractivity contribution in [1.82, 2.24) is 24.8 Å². The lowest BCUT2D eigenvalue weighted by Gasteiger charge is -2.29. The molecule has 4 heterocycles. The van der Waals surface area contributed by atoms with Gasteiger partial charge in [-0.25, -0.2) is 4.98 Å². The summed E-state index contributed by atoms with van der Waals surface area (Å²) in [6.07, 6.45) is 5.47. The highest BCUT2D eigenvalue weighted by Crippen LogP contribution is 2.40. The van der Waals surface area contributed by atoms with Gasteiger partial charge in [-0.15, -0.1) is 0 Å². The second kappa shape index (κ2) is 9.21. The maximum atomic E-state index is 6.07. The molecule has 0 bridgehead atoms. The van der Waals surface area contributed by atoms with E-state index >= 15 is 0 Å². The number of rotatable bonds is 6. The Balaban J connectivity index is 1.57. The van der Waals surface area contributed by atoms with E-state index in [1.165, 1.54) is 0 Å². The number of nitrogens with zero attached hydrogens (tertiary/aromatic N) is 4. The molecule has 0 amide bonds. The van der Waals surface area contributed by atoms with Gasteiger partial charge in [-0.1, -0.05) is 29.8 Å². The summed E-state index contributed by atoms with van der Waals surface area (Å²) < 4.78 is 7.39. The van der Waals surface area contributed by atoms with Crippen molar-refractivity contribution >= 4 is 28.9 Å². The molecule has 1 fully saturated rings. The normalized spacial score (nSPS) is 17.8. The first kappa shape index (κ1) is 21.4. The first-order valence-electron chi connectivity index (χ1n) is 10.5. The zero-order chi connectivity index (χ0) is 22.8. The van der Waals surface area contributed by atoms with Gasteiger partial charge in [0.2, 0.25) is 0 Å². The average molecular weight is 476 g/mol. The lowest BCUT2D eigenvalue weighted by atomic mass is 10.0. The molecule has 4 aromatic rings. The smallest absolute Gasteiger partial charge is 0.170 e. The van der Waals surface area contributed by atoms with Crippen molar-refractivity contribution in [2.75, 3.05) is 7.11 Å². The number of pyridine rings is 2. The fourth-order valence-corrected chi connectivity index (χ4v) is 4.60. The lowest BCUT2D eigenvalue weighted by molar-refractivity contribution is 0.302. The van der Waals surface area contributed by atoms with Crippen LogP contribution in [0.2, 0.25) is 5.02 Å². The van der Waals surface area contributed by atoms with Gasteiger partial charge in [-0.3, -0.25) is 4.98 Å². The van der Waals surface area contributed by atoms with E-state index in [-0.39, 0.29) is 12.1 Å². The summed E-state index contributed by atoms with van der Waals surface area (Å²) in [6.45, 7) is 0.642. The molecule has 1 aromatic carbocycles. The Kier molecular flexibility index (Phi) is 5.98. The van der Waals surface area contributed by atoms with Crippen LogP contribution in [0.5, 0.6) is 5.75 Å². The van der Waals surface area contributed by atoms with Crippen LogP contribution in [0.4, 0.5) is 0 Å². The fourth-order valence-electron chi connectivity index (χ4n) is 4.18. The molecule has 0 radical (unpaired) electrons. The van der Waals surface area contributed by atoms with E-state index in [9.17, 15) is 0 Å². The van der Waals surface area contributed by atoms with Gasteiger partial charge in [0.25, 0.3) is 0 Å². The largest absolute Gasteiger partial charge is 0.497 e. The number of benzene rings is 1. The van der Waals surface area contributed by atoms with E-state index in [1.54, 1.807) is 13.3 Å². The molecule has 1 saturated heterocycles. The molecular weight excluding hydrogens is 454 g/mol. The van der Waals surface area contributed by atoms with Crippen LogP contribution in [0, 0.1) is 0 Å². The van der Waals surface area contributed by atoms with Crippen LogP contribution < -0.4 is 10.1 Å². The first-order chi connectivity index (χ1) is 16.1. The molecule has 6 nitrogen and oxygen atoms in total. The molecule has 0 aliphatic carbocycles. The SMILES string of the molecule is COc1ccc(CN2C(=S)N[C@@H](c3ccccn3)[C@@H]2c2cccn2-c2ccc(Cl)cn2)cc1. The molecule has 0 spiro atoms. The van der Waals surface area contributed by atoms with Crippen LogP contribution in [0.1, 0.15) is 29.0 Å². The summed E-state index contributed by atoms with van der Waals surface area (Å²) in [5.74, 6) is 1.62. The van der Waals surface area contributed by atoms with E-state index in [0.717, 1.165) is 28.5 Å². The number of ether oxygens (including phenoxy) is 1. The van der Waals surface area contributed by atoms with Crippen LogP contribution in [-0.2, 0) is 6.54 Å². The molecule has 1 aliphatic rings. The first-order valence-corrected chi connectivity index (χ1v) is 11.3. The van der Waals surface area contributed by atoms with Crippen molar-refractivity contribution in [3.8, 4) is 11.6 Å². The van der Waals surface area contributed by atoms with Crippen molar-refractivity contribution in [2.24, 2.45) is 0 Å². The zero-order valence-corrected chi connectivity index (χ0v) is 19.5. The number of hydrogen-bond acceptors (Lipinski definition) is 4. The van der Waals surface area contributed by atoms with Gasteiger partial charge >= 0.3 is 0 Å². The quantitative estimate of drug-likeness (QED) is 0.391. The van der Waals surface area contributed by atoms with Crippen molar-refractivity contribution in [1.29, 1.82) is 0 Å². The van der Waals surface area contributed by atoms with Gasteiger partial charge < -0.3 is 19.5 Å². The maximum absolute atomic E-state index is 6.07.